The molecule has 0 aromatic heterocycles. The van der Waals surface area contributed by atoms with Gasteiger partial charge in [0.2, 0.25) is 0 Å². The van der Waals surface area contributed by atoms with Crippen molar-refractivity contribution in [3.63, 3.8) is 0 Å². The van der Waals surface area contributed by atoms with Crippen LogP contribution in [0.25, 0.3) is 0 Å². The number of hydrogen-bond donors (Lipinski definition) is 2. The molecule has 2 N–H and O–H groups in total. The third-order valence-electron chi connectivity index (χ3n) is 6.25. The van der Waals surface area contributed by atoms with Gasteiger partial charge < -0.3 is 20.3 Å². The Morgan fingerprint density at radius 2 is 1.69 bits per heavy atom. The third kappa shape index (κ3) is 7.08. The Labute approximate surface area is 209 Å². The van der Waals surface area contributed by atoms with Crippen LogP contribution >= 0.6 is 24.0 Å². The molecule has 6 nitrogen and oxygen atoms in total. The normalized spacial score (nSPS) is 19.5. The minimum absolute atomic E-state index is 0. The Morgan fingerprint density at radius 3 is 2.44 bits per heavy atom. The van der Waals surface area contributed by atoms with E-state index < -0.39 is 0 Å². The third-order valence-corrected chi connectivity index (χ3v) is 6.25. The molecule has 2 heterocycles. The molecule has 1 unspecified atom stereocenters. The summed E-state index contributed by atoms with van der Waals surface area (Å²) >= 11 is 0. The van der Waals surface area contributed by atoms with E-state index in [0.717, 1.165) is 65.0 Å². The molecule has 4 rings (SSSR count). The smallest absolute Gasteiger partial charge is 0.191 e. The fourth-order valence-corrected chi connectivity index (χ4v) is 4.40. The first-order valence-corrected chi connectivity index (χ1v) is 11.4. The second kappa shape index (κ2) is 13.0. The van der Waals surface area contributed by atoms with Crippen molar-refractivity contribution < 1.29 is 4.74 Å². The molecule has 0 radical (unpaired) electrons. The van der Waals surface area contributed by atoms with Crippen LogP contribution in [0.2, 0.25) is 0 Å². The molecule has 2 aliphatic rings. The molecule has 2 fully saturated rings. The first-order chi connectivity index (χ1) is 15.3. The zero-order valence-electron chi connectivity index (χ0n) is 19.0. The topological polar surface area (TPSA) is 52.1 Å². The summed E-state index contributed by atoms with van der Waals surface area (Å²) in [5.41, 5.74) is 4.03. The fraction of sp³-hybridized carbons (Fsp3) is 0.480. The Hall–Kier alpha value is -1.84. The molecule has 2 aromatic carbocycles. The molecule has 0 bridgehead atoms. The molecular formula is C25H36IN5O. The van der Waals surface area contributed by atoms with Gasteiger partial charge >= 0.3 is 0 Å². The quantitative estimate of drug-likeness (QED) is 0.316. The lowest BCUT2D eigenvalue weighted by molar-refractivity contribution is 0.0341. The lowest BCUT2D eigenvalue weighted by atomic mass is 10.1. The standard InChI is InChI=1S/C25H35N5O.HI/c1-26-25(27-17-21-11-12-30(19-21)24-9-3-2-4-10-24)28-18-22-7-5-6-8-23(22)20-29-13-15-31-16-14-29;/h2-10,21H,11-20H2,1H3,(H2,26,27,28);1H. The number of aliphatic imine (C=N–C) groups is 1. The average molecular weight is 550 g/mol. The van der Waals surface area contributed by atoms with Crippen molar-refractivity contribution >= 4 is 35.6 Å². The van der Waals surface area contributed by atoms with Crippen LogP contribution in [0, 0.1) is 5.92 Å². The Kier molecular flexibility index (Phi) is 10.1. The molecule has 1 atom stereocenters. The van der Waals surface area contributed by atoms with E-state index in [-0.39, 0.29) is 24.0 Å². The molecule has 0 aliphatic carbocycles. The number of nitrogens with one attached hydrogen (secondary N) is 2. The van der Waals surface area contributed by atoms with Crippen LogP contribution in [-0.2, 0) is 17.8 Å². The summed E-state index contributed by atoms with van der Waals surface area (Å²) in [7, 11) is 1.85. The van der Waals surface area contributed by atoms with E-state index >= 15 is 0 Å². The molecule has 2 aliphatic heterocycles. The monoisotopic (exact) mass is 549 g/mol. The van der Waals surface area contributed by atoms with Crippen molar-refractivity contribution in [2.24, 2.45) is 10.9 Å². The van der Waals surface area contributed by atoms with Crippen LogP contribution in [0.1, 0.15) is 17.5 Å². The predicted molar refractivity (Wildman–Crippen MR) is 143 cm³/mol. The van der Waals surface area contributed by atoms with Gasteiger partial charge in [-0.05, 0) is 35.6 Å². The molecule has 0 spiro atoms. The van der Waals surface area contributed by atoms with Crippen LogP contribution in [0.15, 0.2) is 59.6 Å². The Balaban J connectivity index is 0.00000289. The average Bonchev–Trinajstić information content (AvgIpc) is 3.30. The van der Waals surface area contributed by atoms with Crippen molar-refractivity contribution in [1.29, 1.82) is 0 Å². The summed E-state index contributed by atoms with van der Waals surface area (Å²) in [5.74, 6) is 1.51. The molecule has 7 heteroatoms. The molecule has 2 aromatic rings. The molecule has 2 saturated heterocycles. The number of benzene rings is 2. The number of rotatable bonds is 7. The molecule has 0 amide bonds. The van der Waals surface area contributed by atoms with Crippen molar-refractivity contribution in [1.82, 2.24) is 15.5 Å². The first-order valence-electron chi connectivity index (χ1n) is 11.4. The number of halogens is 1. The van der Waals surface area contributed by atoms with Gasteiger partial charge in [-0.15, -0.1) is 24.0 Å². The lowest BCUT2D eigenvalue weighted by Crippen LogP contribution is -2.40. The number of nitrogens with zero attached hydrogens (tertiary/aromatic N) is 3. The highest BCUT2D eigenvalue weighted by Gasteiger charge is 2.22. The number of guanidine groups is 1. The van der Waals surface area contributed by atoms with E-state index in [1.807, 2.05) is 7.05 Å². The fourth-order valence-electron chi connectivity index (χ4n) is 4.40. The van der Waals surface area contributed by atoms with Gasteiger partial charge in [-0.1, -0.05) is 42.5 Å². The van der Waals surface area contributed by atoms with Gasteiger partial charge in [0.05, 0.1) is 13.2 Å². The van der Waals surface area contributed by atoms with Crippen LogP contribution < -0.4 is 15.5 Å². The minimum atomic E-state index is 0. The summed E-state index contributed by atoms with van der Waals surface area (Å²) < 4.78 is 5.48. The summed E-state index contributed by atoms with van der Waals surface area (Å²) in [6.45, 7) is 8.59. The largest absolute Gasteiger partial charge is 0.379 e. The highest BCUT2D eigenvalue weighted by Crippen LogP contribution is 2.23. The van der Waals surface area contributed by atoms with E-state index in [2.05, 4.69) is 80.0 Å². The van der Waals surface area contributed by atoms with Crippen molar-refractivity contribution in [2.45, 2.75) is 19.5 Å². The van der Waals surface area contributed by atoms with E-state index in [9.17, 15) is 0 Å². The van der Waals surface area contributed by atoms with Crippen LogP contribution in [-0.4, -0.2) is 63.8 Å². The summed E-state index contributed by atoms with van der Waals surface area (Å²) in [6.07, 6.45) is 1.21. The molecule has 32 heavy (non-hydrogen) atoms. The summed E-state index contributed by atoms with van der Waals surface area (Å²) in [5, 5.41) is 7.05. The van der Waals surface area contributed by atoms with E-state index in [0.29, 0.717) is 5.92 Å². The first kappa shape index (κ1) is 24.8. The molecule has 0 saturated carbocycles. The van der Waals surface area contributed by atoms with E-state index in [1.165, 1.54) is 23.2 Å². The van der Waals surface area contributed by atoms with Gasteiger partial charge in [0.25, 0.3) is 0 Å². The second-order valence-electron chi connectivity index (χ2n) is 8.40. The van der Waals surface area contributed by atoms with Gasteiger partial charge in [-0.25, -0.2) is 0 Å². The maximum Gasteiger partial charge on any atom is 0.191 e. The van der Waals surface area contributed by atoms with Crippen molar-refractivity contribution in [3.05, 3.63) is 65.7 Å². The molecular weight excluding hydrogens is 513 g/mol. The minimum Gasteiger partial charge on any atom is -0.379 e. The SMILES string of the molecule is CN=C(NCc1ccccc1CN1CCOCC1)NCC1CCN(c2ccccc2)C1.I. The van der Waals surface area contributed by atoms with Crippen LogP contribution in [0.3, 0.4) is 0 Å². The Bertz CT molecular complexity index is 841. The maximum atomic E-state index is 5.48. The maximum absolute atomic E-state index is 5.48. The van der Waals surface area contributed by atoms with Crippen LogP contribution in [0.4, 0.5) is 5.69 Å². The van der Waals surface area contributed by atoms with E-state index in [4.69, 9.17) is 4.74 Å². The molecule has 174 valence electrons. The zero-order chi connectivity index (χ0) is 21.3. The van der Waals surface area contributed by atoms with Gasteiger partial charge in [0.1, 0.15) is 0 Å². The number of morpholine rings is 1. The summed E-state index contributed by atoms with van der Waals surface area (Å²) in [6, 6.07) is 19.4. The highest BCUT2D eigenvalue weighted by molar-refractivity contribution is 14.0. The number of anilines is 1. The Morgan fingerprint density at radius 1 is 0.969 bits per heavy atom. The second-order valence-corrected chi connectivity index (χ2v) is 8.40. The highest BCUT2D eigenvalue weighted by atomic mass is 127. The number of para-hydroxylation sites is 1. The van der Waals surface area contributed by atoms with Gasteiger partial charge in [-0.2, -0.15) is 0 Å². The lowest BCUT2D eigenvalue weighted by Gasteiger charge is -2.27. The number of hydrogen-bond acceptors (Lipinski definition) is 4. The zero-order valence-corrected chi connectivity index (χ0v) is 21.3. The van der Waals surface area contributed by atoms with Gasteiger partial charge in [-0.3, -0.25) is 9.89 Å². The number of ether oxygens (including phenoxy) is 1. The van der Waals surface area contributed by atoms with Crippen molar-refractivity contribution in [3.8, 4) is 0 Å². The summed E-state index contributed by atoms with van der Waals surface area (Å²) in [4.78, 5) is 9.38. The van der Waals surface area contributed by atoms with Gasteiger partial charge in [0.15, 0.2) is 5.96 Å². The van der Waals surface area contributed by atoms with E-state index in [1.54, 1.807) is 0 Å². The predicted octanol–water partition coefficient (Wildman–Crippen LogP) is 3.33. The van der Waals surface area contributed by atoms with Crippen LogP contribution in [0.5, 0.6) is 0 Å². The van der Waals surface area contributed by atoms with Gasteiger partial charge in [0, 0.05) is 58.5 Å². The van der Waals surface area contributed by atoms with Crippen molar-refractivity contribution in [2.75, 3.05) is 57.9 Å².